The summed E-state index contributed by atoms with van der Waals surface area (Å²) < 4.78 is 0. The van der Waals surface area contributed by atoms with Crippen LogP contribution in [0.2, 0.25) is 0 Å². The molecule has 0 rings (SSSR count). The summed E-state index contributed by atoms with van der Waals surface area (Å²) in [5.74, 6) is -1.44. The summed E-state index contributed by atoms with van der Waals surface area (Å²) >= 11 is 0. The summed E-state index contributed by atoms with van der Waals surface area (Å²) in [5, 5.41) is 17.3. The second-order valence-corrected chi connectivity index (χ2v) is 0.995. The van der Waals surface area contributed by atoms with Gasteiger partial charge in [0.15, 0.2) is 0 Å². The van der Waals surface area contributed by atoms with Crippen molar-refractivity contribution in [1.29, 1.82) is 0 Å². The molecule has 0 bridgehead atoms. The molecule has 8 heavy (non-hydrogen) atoms. The second-order valence-electron chi connectivity index (χ2n) is 0.995. The Kier molecular flexibility index (Phi) is 13.7. The maximum atomic E-state index is 9.34. The Morgan fingerprint density at radius 3 is 1.88 bits per heavy atom. The molecule has 0 radical (unpaired) electrons. The fraction of sp³-hybridized carbons (Fsp3) is 0.667. The van der Waals surface area contributed by atoms with Gasteiger partial charge < -0.3 is 21.2 Å². The van der Waals surface area contributed by atoms with Crippen LogP contribution in [-0.2, 0) is 24.3 Å². The van der Waals surface area contributed by atoms with E-state index in [-0.39, 0.29) is 25.6 Å². The topological polar surface area (TPSA) is 96.9 Å². The van der Waals surface area contributed by atoms with Crippen molar-refractivity contribution in [2.75, 3.05) is 0 Å². The molecule has 0 aromatic heterocycles. The summed E-state index contributed by atoms with van der Waals surface area (Å²) in [5.41, 5.74) is 0. The molecule has 0 aromatic carbocycles. The van der Waals surface area contributed by atoms with E-state index >= 15 is 0 Å². The predicted octanol–water partition coefficient (Wildman–Crippen LogP) is -1.51. The minimum atomic E-state index is -1.44. The number of carboxylic acid groups (broad SMARTS) is 1. The van der Waals surface area contributed by atoms with Gasteiger partial charge in [-0.15, -0.1) is 0 Å². The van der Waals surface area contributed by atoms with Gasteiger partial charge in [0.2, 0.25) is 0 Å². The Morgan fingerprint density at radius 2 is 1.88 bits per heavy atom. The molecule has 0 aromatic rings. The number of quaternary nitrogens is 1. The number of rotatable bonds is 1. The van der Waals surface area contributed by atoms with E-state index in [0.29, 0.717) is 0 Å². The Morgan fingerprint density at radius 1 is 1.75 bits per heavy atom. The van der Waals surface area contributed by atoms with Crippen LogP contribution in [0.5, 0.6) is 0 Å². The van der Waals surface area contributed by atoms with E-state index in [1.54, 1.807) is 0 Å². The Balaban J connectivity index is -0.000000125. The van der Waals surface area contributed by atoms with Gasteiger partial charge in [-0.3, -0.25) is 0 Å². The molecular formula is C3H9NO3Zn. The number of carboxylic acids is 1. The zero-order valence-corrected chi connectivity index (χ0v) is 8.02. The van der Waals surface area contributed by atoms with Crippen LogP contribution in [-0.4, -0.2) is 17.2 Å². The molecule has 0 heterocycles. The van der Waals surface area contributed by atoms with Crippen molar-refractivity contribution in [2.24, 2.45) is 0 Å². The van der Waals surface area contributed by atoms with E-state index in [9.17, 15) is 9.90 Å². The maximum absolute atomic E-state index is 9.34. The van der Waals surface area contributed by atoms with E-state index in [1.807, 2.05) is 0 Å². The van der Waals surface area contributed by atoms with Gasteiger partial charge in [0.25, 0.3) is 0 Å². The van der Waals surface area contributed by atoms with E-state index in [4.69, 9.17) is 5.11 Å². The van der Waals surface area contributed by atoms with E-state index < -0.39 is 12.1 Å². The number of aliphatic hydroxyl groups excluding tert-OH is 1. The average molecular weight is 172 g/mol. The van der Waals surface area contributed by atoms with Crippen LogP contribution in [0.25, 0.3) is 0 Å². The van der Waals surface area contributed by atoms with Gasteiger partial charge >= 0.3 is 0 Å². The number of carbonyl (C=O) groups excluding carboxylic acids is 1. The third-order valence-corrected chi connectivity index (χ3v) is 0.341. The van der Waals surface area contributed by atoms with Gasteiger partial charge in [-0.2, -0.15) is 0 Å². The molecule has 5 N–H and O–H groups in total. The molecule has 1 unspecified atom stereocenters. The SMILES string of the molecule is CC(O)C(=O)[O-].[NH4+].[Zn]. The van der Waals surface area contributed by atoms with Crippen LogP contribution < -0.4 is 11.3 Å². The zero-order chi connectivity index (χ0) is 5.15. The van der Waals surface area contributed by atoms with Crippen LogP contribution in [0.1, 0.15) is 6.92 Å². The first-order valence-electron chi connectivity index (χ1n) is 1.53. The smallest absolute Gasteiger partial charge is 0.0905 e. The van der Waals surface area contributed by atoms with Crippen LogP contribution in [0, 0.1) is 0 Å². The first kappa shape index (κ1) is 15.7. The number of aliphatic carboxylic acids is 1. The summed E-state index contributed by atoms with van der Waals surface area (Å²) in [6.45, 7) is 1.13. The van der Waals surface area contributed by atoms with Gasteiger partial charge in [0.1, 0.15) is 0 Å². The minimum absolute atomic E-state index is 0. The minimum Gasteiger partial charge on any atom is -0.547 e. The summed E-state index contributed by atoms with van der Waals surface area (Å²) in [6.07, 6.45) is -1.34. The monoisotopic (exact) mass is 171 g/mol. The number of hydrogen-bond donors (Lipinski definition) is 2. The van der Waals surface area contributed by atoms with Crippen molar-refractivity contribution >= 4 is 5.97 Å². The third-order valence-electron chi connectivity index (χ3n) is 0.341. The van der Waals surface area contributed by atoms with Crippen molar-refractivity contribution in [3.05, 3.63) is 0 Å². The Bertz CT molecular complexity index is 65.5. The van der Waals surface area contributed by atoms with E-state index in [1.165, 1.54) is 0 Å². The quantitative estimate of drug-likeness (QED) is 0.471. The molecule has 0 fully saturated rings. The molecule has 0 amide bonds. The van der Waals surface area contributed by atoms with Crippen molar-refractivity contribution in [3.63, 3.8) is 0 Å². The number of hydrogen-bond acceptors (Lipinski definition) is 3. The van der Waals surface area contributed by atoms with Crippen molar-refractivity contribution in [2.45, 2.75) is 13.0 Å². The molecule has 0 aliphatic carbocycles. The van der Waals surface area contributed by atoms with Gasteiger partial charge in [0.05, 0.1) is 12.1 Å². The molecule has 0 aliphatic rings. The molecule has 0 aliphatic heterocycles. The predicted molar refractivity (Wildman–Crippen MR) is 22.7 cm³/mol. The summed E-state index contributed by atoms with van der Waals surface area (Å²) in [6, 6.07) is 0. The van der Waals surface area contributed by atoms with Crippen LogP contribution in [0.3, 0.4) is 0 Å². The maximum Gasteiger partial charge on any atom is 0.0905 e. The fourth-order valence-electron chi connectivity index (χ4n) is 0. The van der Waals surface area contributed by atoms with E-state index in [2.05, 4.69) is 0 Å². The third kappa shape index (κ3) is 9.38. The van der Waals surface area contributed by atoms with Crippen LogP contribution in [0.4, 0.5) is 0 Å². The van der Waals surface area contributed by atoms with Crippen molar-refractivity contribution < 1.29 is 34.5 Å². The molecule has 1 atom stereocenters. The number of aliphatic hydroxyl groups is 1. The van der Waals surface area contributed by atoms with Crippen molar-refractivity contribution in [1.82, 2.24) is 6.15 Å². The van der Waals surface area contributed by atoms with Gasteiger partial charge in [-0.25, -0.2) is 0 Å². The van der Waals surface area contributed by atoms with Crippen LogP contribution in [0.15, 0.2) is 0 Å². The number of carbonyl (C=O) groups is 1. The Hall–Kier alpha value is 0.0134. The van der Waals surface area contributed by atoms with Gasteiger partial charge in [-0.05, 0) is 6.92 Å². The largest absolute Gasteiger partial charge is 0.547 e. The summed E-state index contributed by atoms with van der Waals surface area (Å²) in [4.78, 5) is 9.34. The molecule has 5 heteroatoms. The molecule has 0 saturated carbocycles. The van der Waals surface area contributed by atoms with Crippen molar-refractivity contribution in [3.8, 4) is 0 Å². The van der Waals surface area contributed by atoms with Crippen LogP contribution >= 0.6 is 0 Å². The molecule has 0 saturated heterocycles. The van der Waals surface area contributed by atoms with Gasteiger partial charge in [-0.1, -0.05) is 0 Å². The zero-order valence-electron chi connectivity index (χ0n) is 5.05. The molecule has 4 nitrogen and oxygen atoms in total. The molecule has 0 spiro atoms. The van der Waals surface area contributed by atoms with E-state index in [0.717, 1.165) is 6.92 Å². The first-order valence-corrected chi connectivity index (χ1v) is 1.53. The normalized spacial score (nSPS) is 10.2. The summed E-state index contributed by atoms with van der Waals surface area (Å²) in [7, 11) is 0. The first-order chi connectivity index (χ1) is 2.64. The molecule has 46 valence electrons. The second kappa shape index (κ2) is 7.01. The standard InChI is InChI=1S/C3H6O3.H3N.Zn/c1-2(4)3(5)6;;/h2,4H,1H3,(H,5,6);1H3;. The van der Waals surface area contributed by atoms with Gasteiger partial charge in [0, 0.05) is 19.5 Å². The average Bonchev–Trinajstić information content (AvgIpc) is 1.36. The molecular weight excluding hydrogens is 163 g/mol. The fourth-order valence-corrected chi connectivity index (χ4v) is 0. The Labute approximate surface area is 60.2 Å².